The van der Waals surface area contributed by atoms with E-state index in [4.69, 9.17) is 18.9 Å². The first-order valence-corrected chi connectivity index (χ1v) is 9.23. The number of nitrogens with one attached hydrogen (secondary N) is 1. The molecule has 0 amide bonds. The average Bonchev–Trinajstić information content (AvgIpc) is 2.62. The zero-order valence-electron chi connectivity index (χ0n) is 15.7. The van der Waals surface area contributed by atoms with Crippen LogP contribution in [0.4, 0.5) is 5.69 Å². The van der Waals surface area contributed by atoms with E-state index < -0.39 is 10.0 Å². The number of hydrogen-bond acceptors (Lipinski definition) is 6. The summed E-state index contributed by atoms with van der Waals surface area (Å²) in [5.41, 5.74) is 2.06. The first-order valence-electron chi connectivity index (χ1n) is 7.75. The van der Waals surface area contributed by atoms with Crippen LogP contribution in [-0.2, 0) is 10.0 Å². The predicted octanol–water partition coefficient (Wildman–Crippen LogP) is 3.14. The lowest BCUT2D eigenvalue weighted by Crippen LogP contribution is -2.15. The molecule has 0 heterocycles. The summed E-state index contributed by atoms with van der Waals surface area (Å²) < 4.78 is 49.3. The summed E-state index contributed by atoms with van der Waals surface area (Å²) in [4.78, 5) is 0.0526. The third-order valence-electron chi connectivity index (χ3n) is 3.99. The number of methoxy groups -OCH3 is 4. The van der Waals surface area contributed by atoms with Gasteiger partial charge in [0.15, 0.2) is 11.5 Å². The first kappa shape index (κ1) is 19.7. The predicted molar refractivity (Wildman–Crippen MR) is 99.4 cm³/mol. The Balaban J connectivity index is 2.52. The van der Waals surface area contributed by atoms with E-state index in [-0.39, 0.29) is 16.3 Å². The van der Waals surface area contributed by atoms with E-state index in [2.05, 4.69) is 4.72 Å². The first-order chi connectivity index (χ1) is 12.3. The van der Waals surface area contributed by atoms with Crippen molar-refractivity contribution in [3.05, 3.63) is 35.4 Å². The van der Waals surface area contributed by atoms with Gasteiger partial charge in [0.1, 0.15) is 10.6 Å². The van der Waals surface area contributed by atoms with Crippen molar-refractivity contribution < 1.29 is 27.4 Å². The highest BCUT2D eigenvalue weighted by atomic mass is 32.2. The lowest BCUT2D eigenvalue weighted by atomic mass is 10.1. The Morgan fingerprint density at radius 2 is 1.23 bits per heavy atom. The van der Waals surface area contributed by atoms with E-state index in [1.807, 2.05) is 13.8 Å². The van der Waals surface area contributed by atoms with E-state index in [1.165, 1.54) is 40.6 Å². The van der Waals surface area contributed by atoms with E-state index in [0.717, 1.165) is 11.1 Å². The van der Waals surface area contributed by atoms with Crippen molar-refractivity contribution in [1.82, 2.24) is 0 Å². The Labute approximate surface area is 153 Å². The van der Waals surface area contributed by atoms with Gasteiger partial charge in [0.25, 0.3) is 10.0 Å². The molecule has 2 aromatic carbocycles. The minimum Gasteiger partial charge on any atom is -0.495 e. The highest BCUT2D eigenvalue weighted by molar-refractivity contribution is 7.92. The molecule has 0 saturated heterocycles. The zero-order chi connectivity index (χ0) is 19.5. The number of aryl methyl sites for hydroxylation is 2. The van der Waals surface area contributed by atoms with Gasteiger partial charge >= 0.3 is 0 Å². The Hall–Kier alpha value is -2.61. The smallest absolute Gasteiger partial charge is 0.265 e. The van der Waals surface area contributed by atoms with E-state index in [1.54, 1.807) is 12.1 Å². The normalized spacial score (nSPS) is 11.0. The summed E-state index contributed by atoms with van der Waals surface area (Å²) in [6.45, 7) is 3.73. The second-order valence-corrected chi connectivity index (χ2v) is 7.26. The van der Waals surface area contributed by atoms with Crippen molar-refractivity contribution in [2.75, 3.05) is 33.2 Å². The third kappa shape index (κ3) is 3.80. The molecule has 0 spiro atoms. The molecule has 2 rings (SSSR count). The fourth-order valence-electron chi connectivity index (χ4n) is 2.48. The van der Waals surface area contributed by atoms with E-state index in [0.29, 0.717) is 17.2 Å². The average molecular weight is 381 g/mol. The van der Waals surface area contributed by atoms with Gasteiger partial charge in [0, 0.05) is 12.1 Å². The Morgan fingerprint density at radius 1 is 0.731 bits per heavy atom. The van der Waals surface area contributed by atoms with Gasteiger partial charge in [0.05, 0.1) is 34.1 Å². The van der Waals surface area contributed by atoms with Gasteiger partial charge in [-0.3, -0.25) is 4.72 Å². The van der Waals surface area contributed by atoms with Crippen molar-refractivity contribution in [1.29, 1.82) is 0 Å². The van der Waals surface area contributed by atoms with Crippen LogP contribution in [0.1, 0.15) is 11.1 Å². The fraction of sp³-hybridized carbons (Fsp3) is 0.333. The highest BCUT2D eigenvalue weighted by Crippen LogP contribution is 2.40. The van der Waals surface area contributed by atoms with E-state index >= 15 is 0 Å². The maximum Gasteiger partial charge on any atom is 0.265 e. The second-order valence-electron chi connectivity index (χ2n) is 5.61. The molecule has 8 heteroatoms. The van der Waals surface area contributed by atoms with Crippen LogP contribution in [-0.4, -0.2) is 36.9 Å². The van der Waals surface area contributed by atoms with Gasteiger partial charge in [-0.15, -0.1) is 0 Å². The standard InChI is InChI=1S/C18H23NO6S/c1-11-7-14(22-3)17(8-12(11)2)26(20,21)19-13-9-15(23-4)18(25-6)16(10-13)24-5/h7-10,19H,1-6H3. The Kier molecular flexibility index (Phi) is 5.86. The molecule has 0 aliphatic rings. The molecule has 26 heavy (non-hydrogen) atoms. The molecule has 0 aliphatic carbocycles. The van der Waals surface area contributed by atoms with Gasteiger partial charge < -0.3 is 18.9 Å². The molecule has 0 aliphatic heterocycles. The molecule has 0 bridgehead atoms. The molecule has 1 N–H and O–H groups in total. The van der Waals surface area contributed by atoms with Crippen LogP contribution in [0.25, 0.3) is 0 Å². The molecule has 0 radical (unpaired) electrons. The van der Waals surface area contributed by atoms with Crippen molar-refractivity contribution >= 4 is 15.7 Å². The summed E-state index contributed by atoms with van der Waals surface area (Å²) in [6.07, 6.45) is 0. The van der Waals surface area contributed by atoms with Gasteiger partial charge in [-0.2, -0.15) is 0 Å². The molecule has 2 aromatic rings. The van der Waals surface area contributed by atoms with Crippen LogP contribution in [0, 0.1) is 13.8 Å². The van der Waals surface area contributed by atoms with E-state index in [9.17, 15) is 8.42 Å². The third-order valence-corrected chi connectivity index (χ3v) is 5.39. The topological polar surface area (TPSA) is 83.1 Å². The SMILES string of the molecule is COc1cc(C)c(C)cc1S(=O)(=O)Nc1cc(OC)c(OC)c(OC)c1. The van der Waals surface area contributed by atoms with Crippen molar-refractivity contribution in [3.63, 3.8) is 0 Å². The van der Waals surface area contributed by atoms with Gasteiger partial charge in [-0.1, -0.05) is 0 Å². The van der Waals surface area contributed by atoms with Crippen LogP contribution in [0.5, 0.6) is 23.0 Å². The number of sulfonamides is 1. The minimum absolute atomic E-state index is 0.0526. The van der Waals surface area contributed by atoms with Crippen LogP contribution in [0.3, 0.4) is 0 Å². The molecular weight excluding hydrogens is 358 g/mol. The summed E-state index contributed by atoms with van der Waals surface area (Å²) in [5.74, 6) is 1.34. The van der Waals surface area contributed by atoms with Crippen LogP contribution >= 0.6 is 0 Å². The highest BCUT2D eigenvalue weighted by Gasteiger charge is 2.22. The summed E-state index contributed by atoms with van der Waals surface area (Å²) in [5, 5.41) is 0. The molecule has 0 unspecified atom stereocenters. The molecular formula is C18H23NO6S. The van der Waals surface area contributed by atoms with Crippen LogP contribution in [0.2, 0.25) is 0 Å². The van der Waals surface area contributed by atoms with Gasteiger partial charge in [-0.05, 0) is 37.1 Å². The maximum absolute atomic E-state index is 12.9. The van der Waals surface area contributed by atoms with Gasteiger partial charge in [0.2, 0.25) is 5.75 Å². The van der Waals surface area contributed by atoms with Gasteiger partial charge in [-0.25, -0.2) is 8.42 Å². The number of anilines is 1. The summed E-state index contributed by atoms with van der Waals surface area (Å²) >= 11 is 0. The van der Waals surface area contributed by atoms with Crippen LogP contribution in [0.15, 0.2) is 29.2 Å². The van der Waals surface area contributed by atoms with Crippen molar-refractivity contribution in [2.24, 2.45) is 0 Å². The Morgan fingerprint density at radius 3 is 1.69 bits per heavy atom. The van der Waals surface area contributed by atoms with Crippen LogP contribution < -0.4 is 23.7 Å². The summed E-state index contributed by atoms with van der Waals surface area (Å²) in [7, 11) is 1.94. The zero-order valence-corrected chi connectivity index (χ0v) is 16.5. The molecule has 0 fully saturated rings. The monoisotopic (exact) mass is 381 g/mol. The Bertz CT molecular complexity index is 883. The van der Waals surface area contributed by atoms with Crippen molar-refractivity contribution in [2.45, 2.75) is 18.7 Å². The summed E-state index contributed by atoms with van der Waals surface area (Å²) in [6, 6.07) is 6.31. The number of benzene rings is 2. The lowest BCUT2D eigenvalue weighted by molar-refractivity contribution is 0.324. The largest absolute Gasteiger partial charge is 0.495 e. The molecule has 142 valence electrons. The molecule has 0 aromatic heterocycles. The maximum atomic E-state index is 12.9. The fourth-order valence-corrected chi connectivity index (χ4v) is 3.76. The molecule has 0 atom stereocenters. The molecule has 7 nitrogen and oxygen atoms in total. The number of rotatable bonds is 7. The number of hydrogen-bond donors (Lipinski definition) is 1. The minimum atomic E-state index is -3.89. The van der Waals surface area contributed by atoms with Crippen molar-refractivity contribution in [3.8, 4) is 23.0 Å². The quantitative estimate of drug-likeness (QED) is 0.793. The second kappa shape index (κ2) is 7.74. The number of ether oxygens (including phenoxy) is 4. The molecule has 0 saturated carbocycles. The lowest BCUT2D eigenvalue weighted by Gasteiger charge is -2.17.